The molecule has 3 rings (SSSR count). The van der Waals surface area contributed by atoms with Gasteiger partial charge in [-0.1, -0.05) is 23.7 Å². The standard InChI is InChI=1S/C18H17ClN2O/c1-18(2,22)15-4-3-12(9-16(15)19)7-13-8-14-11-20-6-5-17(14)21-10-13/h3-6,8-11,22H,7H2,1-2H3/i10D. The summed E-state index contributed by atoms with van der Waals surface area (Å²) in [5.74, 6) is 0. The lowest BCUT2D eigenvalue weighted by Crippen LogP contribution is -2.16. The summed E-state index contributed by atoms with van der Waals surface area (Å²) in [5, 5.41) is 11.5. The predicted molar refractivity (Wildman–Crippen MR) is 89.0 cm³/mol. The number of pyridine rings is 2. The Balaban J connectivity index is 1.96. The first kappa shape index (κ1) is 13.7. The smallest absolute Gasteiger partial charge is 0.0854 e. The average molecular weight is 314 g/mol. The summed E-state index contributed by atoms with van der Waals surface area (Å²) in [7, 11) is 0. The van der Waals surface area contributed by atoms with Gasteiger partial charge < -0.3 is 5.11 Å². The molecule has 2 heterocycles. The number of hydrogen-bond acceptors (Lipinski definition) is 3. The van der Waals surface area contributed by atoms with E-state index in [0.29, 0.717) is 17.0 Å². The number of halogens is 1. The fourth-order valence-corrected chi connectivity index (χ4v) is 2.87. The number of hydrogen-bond donors (Lipinski definition) is 1. The fraction of sp³-hybridized carbons (Fsp3) is 0.222. The van der Waals surface area contributed by atoms with Gasteiger partial charge in [-0.05, 0) is 49.6 Å². The van der Waals surface area contributed by atoms with Crippen molar-refractivity contribution < 1.29 is 6.48 Å². The lowest BCUT2D eigenvalue weighted by Gasteiger charge is -2.19. The van der Waals surface area contributed by atoms with Gasteiger partial charge in [0.2, 0.25) is 0 Å². The molecule has 0 saturated heterocycles. The van der Waals surface area contributed by atoms with E-state index in [9.17, 15) is 5.11 Å². The van der Waals surface area contributed by atoms with Crippen molar-refractivity contribution in [3.63, 3.8) is 0 Å². The Hall–Kier alpha value is -1.97. The average Bonchev–Trinajstić information content (AvgIpc) is 2.47. The monoisotopic (exact) mass is 313 g/mol. The van der Waals surface area contributed by atoms with E-state index in [2.05, 4.69) is 9.97 Å². The number of rotatable bonds is 3. The van der Waals surface area contributed by atoms with Crippen molar-refractivity contribution >= 4 is 22.5 Å². The van der Waals surface area contributed by atoms with Gasteiger partial charge in [-0.15, -0.1) is 0 Å². The van der Waals surface area contributed by atoms with Crippen molar-refractivity contribution in [1.29, 1.82) is 0 Å². The third kappa shape index (κ3) is 3.11. The second kappa shape index (κ2) is 5.67. The van der Waals surface area contributed by atoms with Crippen LogP contribution in [-0.4, -0.2) is 15.1 Å². The molecule has 0 aliphatic carbocycles. The zero-order valence-corrected chi connectivity index (χ0v) is 13.2. The molecular weight excluding hydrogens is 296 g/mol. The van der Waals surface area contributed by atoms with Gasteiger partial charge in [0.05, 0.1) is 12.5 Å². The van der Waals surface area contributed by atoms with Crippen molar-refractivity contribution in [2.45, 2.75) is 25.9 Å². The van der Waals surface area contributed by atoms with Crippen molar-refractivity contribution in [3.05, 3.63) is 70.6 Å². The molecule has 0 spiro atoms. The highest BCUT2D eigenvalue weighted by atomic mass is 35.5. The van der Waals surface area contributed by atoms with E-state index in [1.807, 2.05) is 24.3 Å². The Kier molecular flexibility index (Phi) is 3.53. The lowest BCUT2D eigenvalue weighted by atomic mass is 9.95. The van der Waals surface area contributed by atoms with Crippen molar-refractivity contribution in [3.8, 4) is 0 Å². The van der Waals surface area contributed by atoms with Crippen LogP contribution in [0.25, 0.3) is 10.9 Å². The molecule has 0 fully saturated rings. The molecule has 112 valence electrons. The van der Waals surface area contributed by atoms with Crippen LogP contribution in [0.5, 0.6) is 0 Å². The van der Waals surface area contributed by atoms with Crippen LogP contribution in [0.1, 0.15) is 31.9 Å². The van der Waals surface area contributed by atoms with Crippen LogP contribution in [0, 0.1) is 0 Å². The van der Waals surface area contributed by atoms with E-state index in [4.69, 9.17) is 13.0 Å². The minimum atomic E-state index is -0.980. The highest BCUT2D eigenvalue weighted by molar-refractivity contribution is 6.31. The van der Waals surface area contributed by atoms with E-state index in [0.717, 1.165) is 22.0 Å². The van der Waals surface area contributed by atoms with Crippen molar-refractivity contribution in [2.24, 2.45) is 0 Å². The predicted octanol–water partition coefficient (Wildman–Crippen LogP) is 4.10. The van der Waals surface area contributed by atoms with Gasteiger partial charge in [-0.25, -0.2) is 0 Å². The molecule has 0 radical (unpaired) electrons. The minimum absolute atomic E-state index is 0.256. The van der Waals surface area contributed by atoms with Gasteiger partial charge in [-0.3, -0.25) is 9.97 Å². The molecular formula is C18H17ClN2O. The number of aliphatic hydroxyl groups is 1. The molecule has 0 aliphatic rings. The topological polar surface area (TPSA) is 46.0 Å². The summed E-state index contributed by atoms with van der Waals surface area (Å²) in [5.41, 5.74) is 2.27. The fourth-order valence-electron chi connectivity index (χ4n) is 2.44. The highest BCUT2D eigenvalue weighted by Gasteiger charge is 2.19. The third-order valence-electron chi connectivity index (χ3n) is 3.56. The third-order valence-corrected chi connectivity index (χ3v) is 3.88. The molecule has 4 heteroatoms. The maximum absolute atomic E-state index is 10.1. The molecule has 0 saturated carbocycles. The molecule has 0 aliphatic heterocycles. The molecule has 1 aromatic carbocycles. The molecule has 3 nitrogen and oxygen atoms in total. The van der Waals surface area contributed by atoms with E-state index >= 15 is 0 Å². The molecule has 0 unspecified atom stereocenters. The first-order valence-electron chi connectivity index (χ1n) is 7.56. The maximum Gasteiger partial charge on any atom is 0.0854 e. The van der Waals surface area contributed by atoms with Gasteiger partial charge >= 0.3 is 0 Å². The Morgan fingerprint density at radius 2 is 2.05 bits per heavy atom. The second-order valence-electron chi connectivity index (χ2n) is 5.88. The Bertz CT molecular complexity index is 875. The highest BCUT2D eigenvalue weighted by Crippen LogP contribution is 2.29. The Morgan fingerprint density at radius 1 is 1.23 bits per heavy atom. The van der Waals surface area contributed by atoms with Gasteiger partial charge in [0.15, 0.2) is 0 Å². The first-order chi connectivity index (χ1) is 10.8. The van der Waals surface area contributed by atoms with Gasteiger partial charge in [0.25, 0.3) is 0 Å². The Morgan fingerprint density at radius 3 is 2.77 bits per heavy atom. The van der Waals surface area contributed by atoms with Crippen molar-refractivity contribution in [1.82, 2.24) is 9.97 Å². The largest absolute Gasteiger partial charge is 0.386 e. The second-order valence-corrected chi connectivity index (χ2v) is 6.28. The molecule has 1 N–H and O–H groups in total. The molecule has 0 atom stereocenters. The Labute approximate surface area is 136 Å². The lowest BCUT2D eigenvalue weighted by molar-refractivity contribution is 0.0787. The molecule has 2 aromatic heterocycles. The molecule has 3 aromatic rings. The molecule has 22 heavy (non-hydrogen) atoms. The van der Waals surface area contributed by atoms with Crippen LogP contribution >= 0.6 is 11.6 Å². The number of fused-ring (bicyclic) bond motifs is 1. The van der Waals surface area contributed by atoms with Crippen LogP contribution in [-0.2, 0) is 12.0 Å². The number of benzene rings is 1. The zero-order valence-electron chi connectivity index (χ0n) is 13.5. The van der Waals surface area contributed by atoms with E-state index in [-0.39, 0.29) is 6.17 Å². The van der Waals surface area contributed by atoms with Crippen molar-refractivity contribution in [2.75, 3.05) is 0 Å². The van der Waals surface area contributed by atoms with Gasteiger partial charge in [-0.2, -0.15) is 0 Å². The number of nitrogens with zero attached hydrogens (tertiary/aromatic N) is 2. The number of aromatic nitrogens is 2. The zero-order chi connectivity index (χ0) is 16.6. The van der Waals surface area contributed by atoms with Gasteiger partial charge in [0, 0.05) is 34.5 Å². The molecule has 0 amide bonds. The van der Waals surface area contributed by atoms with Crippen LogP contribution < -0.4 is 0 Å². The van der Waals surface area contributed by atoms with E-state index < -0.39 is 5.60 Å². The molecule has 0 bridgehead atoms. The summed E-state index contributed by atoms with van der Waals surface area (Å²) < 4.78 is 8.09. The quantitative estimate of drug-likeness (QED) is 0.791. The van der Waals surface area contributed by atoms with E-state index in [1.165, 1.54) is 0 Å². The summed E-state index contributed by atoms with van der Waals surface area (Å²) >= 11 is 6.28. The van der Waals surface area contributed by atoms with Gasteiger partial charge in [0.1, 0.15) is 0 Å². The van der Waals surface area contributed by atoms with Crippen LogP contribution in [0.2, 0.25) is 5.02 Å². The summed E-state index contributed by atoms with van der Waals surface area (Å²) in [6.45, 7) is 3.41. The summed E-state index contributed by atoms with van der Waals surface area (Å²) in [4.78, 5) is 8.40. The van der Waals surface area contributed by atoms with Crippen LogP contribution in [0.15, 0.2) is 48.9 Å². The SMILES string of the molecule is [2H]c1nc2ccncc2cc1Cc1ccc(C(C)(C)O)c(Cl)c1. The minimum Gasteiger partial charge on any atom is -0.386 e. The summed E-state index contributed by atoms with van der Waals surface area (Å²) in [6.07, 6.45) is 4.23. The first-order valence-corrected chi connectivity index (χ1v) is 7.44. The summed E-state index contributed by atoms with van der Waals surface area (Å²) in [6, 6.07) is 9.33. The maximum atomic E-state index is 10.1. The van der Waals surface area contributed by atoms with E-state index in [1.54, 1.807) is 32.3 Å². The normalized spacial score (nSPS) is 12.5. The van der Waals surface area contributed by atoms with Crippen LogP contribution in [0.4, 0.5) is 0 Å². The van der Waals surface area contributed by atoms with Crippen LogP contribution in [0.3, 0.4) is 0 Å².